The SMILES string of the molecule is CN(C)C1CCN(Cc2nc(CCl)cs2)C1. The Morgan fingerprint density at radius 2 is 2.44 bits per heavy atom. The summed E-state index contributed by atoms with van der Waals surface area (Å²) >= 11 is 7.47. The Kier molecular flexibility index (Phi) is 4.19. The molecular formula is C11H18ClN3S. The second kappa shape index (κ2) is 5.45. The minimum Gasteiger partial charge on any atom is -0.305 e. The first-order valence-corrected chi connectivity index (χ1v) is 6.98. The molecule has 1 aliphatic rings. The largest absolute Gasteiger partial charge is 0.305 e. The topological polar surface area (TPSA) is 19.4 Å². The van der Waals surface area contributed by atoms with Crippen LogP contribution in [0.15, 0.2) is 5.38 Å². The van der Waals surface area contributed by atoms with E-state index >= 15 is 0 Å². The van der Waals surface area contributed by atoms with Crippen molar-refractivity contribution in [3.8, 4) is 0 Å². The van der Waals surface area contributed by atoms with Gasteiger partial charge in [-0.25, -0.2) is 4.98 Å². The maximum Gasteiger partial charge on any atom is 0.107 e. The van der Waals surface area contributed by atoms with Crippen LogP contribution in [0.2, 0.25) is 0 Å². The van der Waals surface area contributed by atoms with Crippen molar-refractivity contribution in [3.63, 3.8) is 0 Å². The zero-order valence-electron chi connectivity index (χ0n) is 9.82. The van der Waals surface area contributed by atoms with E-state index in [1.54, 1.807) is 11.3 Å². The summed E-state index contributed by atoms with van der Waals surface area (Å²) in [5, 5.41) is 3.25. The molecule has 16 heavy (non-hydrogen) atoms. The molecule has 0 aromatic carbocycles. The first-order valence-electron chi connectivity index (χ1n) is 5.57. The Labute approximate surface area is 106 Å². The molecule has 1 saturated heterocycles. The first kappa shape index (κ1) is 12.3. The van der Waals surface area contributed by atoms with Crippen LogP contribution in [0.4, 0.5) is 0 Å². The number of likely N-dealkylation sites (N-methyl/N-ethyl adjacent to an activating group) is 1. The van der Waals surface area contributed by atoms with Crippen molar-refractivity contribution in [1.29, 1.82) is 0 Å². The van der Waals surface area contributed by atoms with Gasteiger partial charge in [-0.3, -0.25) is 4.90 Å². The summed E-state index contributed by atoms with van der Waals surface area (Å²) < 4.78 is 0. The highest BCUT2D eigenvalue weighted by molar-refractivity contribution is 7.09. The molecule has 1 unspecified atom stereocenters. The minimum absolute atomic E-state index is 0.525. The lowest BCUT2D eigenvalue weighted by Gasteiger charge is -2.19. The fourth-order valence-corrected chi connectivity index (χ4v) is 3.12. The first-order chi connectivity index (χ1) is 7.69. The maximum absolute atomic E-state index is 5.75. The second-order valence-corrected chi connectivity index (χ2v) is 5.72. The molecule has 2 rings (SSSR count). The van der Waals surface area contributed by atoms with Crippen LogP contribution in [-0.2, 0) is 12.4 Å². The third kappa shape index (κ3) is 2.94. The van der Waals surface area contributed by atoms with E-state index in [4.69, 9.17) is 11.6 Å². The van der Waals surface area contributed by atoms with Crippen molar-refractivity contribution in [2.45, 2.75) is 24.9 Å². The van der Waals surface area contributed by atoms with Gasteiger partial charge in [-0.15, -0.1) is 22.9 Å². The maximum atomic E-state index is 5.75. The molecule has 5 heteroatoms. The van der Waals surface area contributed by atoms with Gasteiger partial charge in [-0.1, -0.05) is 0 Å². The molecule has 0 bridgehead atoms. The van der Waals surface area contributed by atoms with Gasteiger partial charge >= 0.3 is 0 Å². The van der Waals surface area contributed by atoms with Crippen molar-refractivity contribution < 1.29 is 0 Å². The van der Waals surface area contributed by atoms with Crippen molar-refractivity contribution in [1.82, 2.24) is 14.8 Å². The summed E-state index contributed by atoms with van der Waals surface area (Å²) in [5.74, 6) is 0.525. The molecule has 1 aromatic heterocycles. The molecule has 1 aromatic rings. The van der Waals surface area contributed by atoms with Gasteiger partial charge in [0.25, 0.3) is 0 Å². The van der Waals surface area contributed by atoms with Crippen molar-refractivity contribution in [2.75, 3.05) is 27.2 Å². The summed E-state index contributed by atoms with van der Waals surface area (Å²) in [5.41, 5.74) is 1.00. The second-order valence-electron chi connectivity index (χ2n) is 4.51. The molecule has 1 atom stereocenters. The lowest BCUT2D eigenvalue weighted by molar-refractivity contribution is 0.264. The molecular weight excluding hydrogens is 242 g/mol. The number of hydrogen-bond donors (Lipinski definition) is 0. The number of nitrogens with zero attached hydrogens (tertiary/aromatic N) is 3. The van der Waals surface area contributed by atoms with E-state index in [1.165, 1.54) is 18.0 Å². The van der Waals surface area contributed by atoms with E-state index in [-0.39, 0.29) is 0 Å². The molecule has 2 heterocycles. The highest BCUT2D eigenvalue weighted by Crippen LogP contribution is 2.19. The van der Waals surface area contributed by atoms with Gasteiger partial charge in [-0.2, -0.15) is 0 Å². The number of rotatable bonds is 4. The Morgan fingerprint density at radius 3 is 3.00 bits per heavy atom. The molecule has 3 nitrogen and oxygen atoms in total. The van der Waals surface area contributed by atoms with Crippen LogP contribution in [0, 0.1) is 0 Å². The molecule has 0 amide bonds. The quantitative estimate of drug-likeness (QED) is 0.772. The van der Waals surface area contributed by atoms with Gasteiger partial charge in [0, 0.05) is 24.5 Å². The molecule has 0 saturated carbocycles. The highest BCUT2D eigenvalue weighted by atomic mass is 35.5. The van der Waals surface area contributed by atoms with E-state index < -0.39 is 0 Å². The zero-order chi connectivity index (χ0) is 11.5. The number of hydrogen-bond acceptors (Lipinski definition) is 4. The Hall–Kier alpha value is -0.160. The zero-order valence-corrected chi connectivity index (χ0v) is 11.4. The average molecular weight is 260 g/mol. The van der Waals surface area contributed by atoms with E-state index in [0.717, 1.165) is 18.8 Å². The summed E-state index contributed by atoms with van der Waals surface area (Å²) in [6, 6.07) is 0.701. The molecule has 0 spiro atoms. The van der Waals surface area contributed by atoms with Gasteiger partial charge < -0.3 is 4.90 Å². The van der Waals surface area contributed by atoms with Crippen LogP contribution < -0.4 is 0 Å². The summed E-state index contributed by atoms with van der Waals surface area (Å²) in [7, 11) is 4.31. The summed E-state index contributed by atoms with van der Waals surface area (Å²) in [4.78, 5) is 9.28. The van der Waals surface area contributed by atoms with Crippen molar-refractivity contribution in [3.05, 3.63) is 16.1 Å². The fourth-order valence-electron chi connectivity index (χ4n) is 2.05. The highest BCUT2D eigenvalue weighted by Gasteiger charge is 2.24. The number of likely N-dealkylation sites (tertiary alicyclic amines) is 1. The lowest BCUT2D eigenvalue weighted by Crippen LogP contribution is -2.31. The summed E-state index contributed by atoms with van der Waals surface area (Å²) in [6.07, 6.45) is 1.26. The van der Waals surface area contributed by atoms with Crippen LogP contribution in [-0.4, -0.2) is 48.0 Å². The van der Waals surface area contributed by atoms with E-state index in [9.17, 15) is 0 Å². The third-order valence-electron chi connectivity index (χ3n) is 3.07. The molecule has 90 valence electrons. The van der Waals surface area contributed by atoms with Gasteiger partial charge in [0.15, 0.2) is 0 Å². The predicted molar refractivity (Wildman–Crippen MR) is 69.0 cm³/mol. The van der Waals surface area contributed by atoms with Crippen LogP contribution in [0.3, 0.4) is 0 Å². The average Bonchev–Trinajstić information content (AvgIpc) is 2.87. The van der Waals surface area contributed by atoms with E-state index in [2.05, 4.69) is 34.3 Å². The molecule has 0 N–H and O–H groups in total. The molecule has 1 fully saturated rings. The standard InChI is InChI=1S/C11H18ClN3S/c1-14(2)10-3-4-15(6-10)7-11-13-9(5-12)8-16-11/h8,10H,3-7H2,1-2H3. The molecule has 0 radical (unpaired) electrons. The van der Waals surface area contributed by atoms with Gasteiger partial charge in [0.05, 0.1) is 18.1 Å². The third-order valence-corrected chi connectivity index (χ3v) is 4.23. The minimum atomic E-state index is 0.525. The number of aromatic nitrogens is 1. The number of halogens is 1. The van der Waals surface area contributed by atoms with Crippen LogP contribution in [0.25, 0.3) is 0 Å². The smallest absolute Gasteiger partial charge is 0.107 e. The van der Waals surface area contributed by atoms with Crippen molar-refractivity contribution in [2.24, 2.45) is 0 Å². The monoisotopic (exact) mass is 259 g/mol. The van der Waals surface area contributed by atoms with Gasteiger partial charge in [0.1, 0.15) is 5.01 Å². The van der Waals surface area contributed by atoms with Crippen LogP contribution in [0.5, 0.6) is 0 Å². The number of thiazole rings is 1. The van der Waals surface area contributed by atoms with E-state index in [0.29, 0.717) is 11.9 Å². The Bertz CT molecular complexity index is 340. The fraction of sp³-hybridized carbons (Fsp3) is 0.727. The number of alkyl halides is 1. The van der Waals surface area contributed by atoms with Crippen LogP contribution in [0.1, 0.15) is 17.1 Å². The van der Waals surface area contributed by atoms with Gasteiger partial charge in [-0.05, 0) is 20.5 Å². The summed E-state index contributed by atoms with van der Waals surface area (Å²) in [6.45, 7) is 3.31. The van der Waals surface area contributed by atoms with Crippen molar-refractivity contribution >= 4 is 22.9 Å². The Balaban J connectivity index is 1.87. The Morgan fingerprint density at radius 1 is 1.62 bits per heavy atom. The molecule has 0 aliphatic carbocycles. The predicted octanol–water partition coefficient (Wildman–Crippen LogP) is 2.02. The normalized spacial score (nSPS) is 22.1. The lowest BCUT2D eigenvalue weighted by atomic mass is 10.2. The van der Waals surface area contributed by atoms with Gasteiger partial charge in [0.2, 0.25) is 0 Å². The molecule has 1 aliphatic heterocycles. The van der Waals surface area contributed by atoms with E-state index in [1.807, 2.05) is 0 Å². The van der Waals surface area contributed by atoms with Crippen LogP contribution >= 0.6 is 22.9 Å².